The molecule has 17 heteroatoms. The summed E-state index contributed by atoms with van der Waals surface area (Å²) in [4.78, 5) is 75.7. The maximum Gasteiger partial charge on any atom is 0.373 e. The number of aryl methyl sites for hydroxylation is 3. The number of carbonyl (C=O) groups is 3. The van der Waals surface area contributed by atoms with Gasteiger partial charge in [0.05, 0.1) is 12.3 Å². The molecule has 0 bridgehead atoms. The number of H-pyrrole nitrogens is 2. The first-order valence-corrected chi connectivity index (χ1v) is 10.9. The first-order chi connectivity index (χ1) is 18.3. The van der Waals surface area contributed by atoms with E-state index in [-0.39, 0.29) is 30.0 Å². The van der Waals surface area contributed by atoms with Crippen LogP contribution in [-0.4, -0.2) is 71.8 Å². The highest BCUT2D eigenvalue weighted by atomic mass is 16.5. The maximum absolute atomic E-state index is 11.4. The van der Waals surface area contributed by atoms with Gasteiger partial charge in [0.2, 0.25) is 0 Å². The predicted molar refractivity (Wildman–Crippen MR) is 136 cm³/mol. The van der Waals surface area contributed by atoms with Crippen LogP contribution in [0.5, 0.6) is 0 Å². The van der Waals surface area contributed by atoms with Crippen LogP contribution in [0, 0.1) is 6.92 Å². The maximum atomic E-state index is 11.4. The lowest BCUT2D eigenvalue weighted by Crippen LogP contribution is -2.10. The van der Waals surface area contributed by atoms with Crippen molar-refractivity contribution in [2.24, 2.45) is 0 Å². The van der Waals surface area contributed by atoms with Gasteiger partial charge in [-0.3, -0.25) is 19.5 Å². The van der Waals surface area contributed by atoms with Crippen molar-refractivity contribution in [3.05, 3.63) is 51.5 Å². The highest BCUT2D eigenvalue weighted by molar-refractivity contribution is 5.87. The van der Waals surface area contributed by atoms with Crippen LogP contribution in [0.4, 0.5) is 0 Å². The van der Waals surface area contributed by atoms with E-state index in [9.17, 15) is 9.59 Å². The molecule has 3 aromatic rings. The largest absolute Gasteiger partial charge is 0.481 e. The van der Waals surface area contributed by atoms with Crippen molar-refractivity contribution in [2.45, 2.75) is 54.4 Å². The van der Waals surface area contributed by atoms with E-state index < -0.39 is 11.9 Å². The second-order valence-electron chi connectivity index (χ2n) is 6.64. The van der Waals surface area contributed by atoms with Crippen LogP contribution < -0.4 is 11.7 Å². The van der Waals surface area contributed by atoms with E-state index in [0.29, 0.717) is 17.8 Å². The van der Waals surface area contributed by atoms with Crippen LogP contribution in [-0.2, 0) is 46.3 Å². The van der Waals surface area contributed by atoms with Gasteiger partial charge in [0, 0.05) is 31.4 Å². The molecule has 0 radical (unpaired) electrons. The van der Waals surface area contributed by atoms with Crippen molar-refractivity contribution in [3.63, 3.8) is 0 Å². The summed E-state index contributed by atoms with van der Waals surface area (Å²) in [5, 5.41) is 25.6. The van der Waals surface area contributed by atoms with Gasteiger partial charge in [-0.15, -0.1) is 0 Å². The Morgan fingerprint density at radius 2 is 1.45 bits per heavy atom. The minimum absolute atomic E-state index is 0. The third-order valence-corrected chi connectivity index (χ3v) is 3.50. The van der Waals surface area contributed by atoms with Crippen molar-refractivity contribution in [1.82, 2.24) is 30.9 Å². The standard InChI is InChI=1S/C9H11N3O.C8H12N2O2.2C2H4O2.2CO2.H3N/c1-3-7-4-8-9(13)10-6(2)5-12(8)11-7;1-3-6-5-7(10-9-6)8(11)12-4-2;2*1-2(3)4;2*2-1-3;/h4-5H,3H2,1-2H3,(H,10,13);5H,3-4H2,1-2H3,(H,9,10);2*1H3,(H,3,4);;;1H3. The van der Waals surface area contributed by atoms with Crippen LogP contribution >= 0.6 is 0 Å². The number of carboxylic acids is 2. The number of nitrogens with zero attached hydrogens (tertiary/aromatic N) is 3. The van der Waals surface area contributed by atoms with Crippen molar-refractivity contribution >= 4 is 35.7 Å². The second-order valence-corrected chi connectivity index (χ2v) is 6.64. The van der Waals surface area contributed by atoms with Crippen molar-refractivity contribution in [1.29, 1.82) is 0 Å². The molecule has 0 aliphatic carbocycles. The summed E-state index contributed by atoms with van der Waals surface area (Å²) < 4.78 is 6.40. The fraction of sp³-hybridized carbons (Fsp3) is 0.391. The topological polar surface area (TPSA) is 283 Å². The average Bonchev–Trinajstić information content (AvgIpc) is 3.47. The van der Waals surface area contributed by atoms with Gasteiger partial charge in [-0.05, 0) is 38.8 Å². The first-order valence-electron chi connectivity index (χ1n) is 10.9. The molecular weight excluding hydrogens is 536 g/mol. The number of rotatable bonds is 4. The lowest BCUT2D eigenvalue weighted by molar-refractivity contribution is -0.193. The SMILES string of the molecule is CC(=O)O.CC(=O)O.CCOC(=O)c1cc(CC)[nH]n1.CCc1cc2c(=O)[nH]c(C)cn2n1.N.O=C=O.O=C=O. The Kier molecular flexibility index (Phi) is 26.6. The van der Waals surface area contributed by atoms with Gasteiger partial charge in [-0.25, -0.2) is 9.31 Å². The molecule has 0 amide bonds. The number of aliphatic carboxylic acids is 2. The van der Waals surface area contributed by atoms with Crippen molar-refractivity contribution < 1.29 is 48.5 Å². The highest BCUT2D eigenvalue weighted by Crippen LogP contribution is 2.03. The molecule has 0 spiro atoms. The first kappa shape index (κ1) is 41.9. The van der Waals surface area contributed by atoms with Crippen LogP contribution in [0.1, 0.15) is 62.2 Å². The van der Waals surface area contributed by atoms with Gasteiger partial charge in [-0.2, -0.15) is 29.4 Å². The van der Waals surface area contributed by atoms with E-state index >= 15 is 0 Å². The number of hydrogen-bond acceptors (Lipinski definition) is 12. The van der Waals surface area contributed by atoms with Crippen molar-refractivity contribution in [3.8, 4) is 0 Å². The van der Waals surface area contributed by atoms with Gasteiger partial charge in [0.25, 0.3) is 17.5 Å². The number of hydrogen-bond donors (Lipinski definition) is 5. The number of nitrogens with one attached hydrogen (secondary N) is 2. The molecule has 40 heavy (non-hydrogen) atoms. The van der Waals surface area contributed by atoms with E-state index in [1.807, 2.05) is 33.0 Å². The average molecular weight is 571 g/mol. The molecule has 0 aliphatic heterocycles. The van der Waals surface area contributed by atoms with Gasteiger partial charge in [-0.1, -0.05) is 13.8 Å². The lowest BCUT2D eigenvalue weighted by atomic mass is 10.3. The van der Waals surface area contributed by atoms with E-state index in [0.717, 1.165) is 43.8 Å². The van der Waals surface area contributed by atoms with Crippen LogP contribution in [0.25, 0.3) is 5.52 Å². The Balaban J connectivity index is -0.000000220. The monoisotopic (exact) mass is 570 g/mol. The van der Waals surface area contributed by atoms with E-state index in [4.69, 9.17) is 43.7 Å². The number of esters is 1. The molecule has 0 saturated carbocycles. The predicted octanol–water partition coefficient (Wildman–Crippen LogP) is 1.22. The number of ether oxygens (including phenoxy) is 1. The van der Waals surface area contributed by atoms with Crippen LogP contribution in [0.2, 0.25) is 0 Å². The van der Waals surface area contributed by atoms with Gasteiger partial charge in [0.15, 0.2) is 5.69 Å². The minimum Gasteiger partial charge on any atom is -0.481 e. The number of fused-ring (bicyclic) bond motifs is 1. The minimum atomic E-state index is -0.833. The molecule has 17 nitrogen and oxygen atoms in total. The molecule has 3 aromatic heterocycles. The molecule has 3 rings (SSSR count). The summed E-state index contributed by atoms with van der Waals surface area (Å²) in [7, 11) is 0. The second kappa shape index (κ2) is 25.4. The zero-order valence-corrected chi connectivity index (χ0v) is 23.0. The Bertz CT molecular complexity index is 1250. The Morgan fingerprint density at radius 1 is 0.975 bits per heavy atom. The quantitative estimate of drug-likeness (QED) is 0.276. The number of carbonyl (C=O) groups excluding carboxylic acids is 5. The van der Waals surface area contributed by atoms with Crippen LogP contribution in [0.3, 0.4) is 0 Å². The number of aromatic nitrogens is 5. The summed E-state index contributed by atoms with van der Waals surface area (Å²) in [6.45, 7) is 10.2. The molecule has 0 fully saturated rings. The Labute approximate surface area is 228 Å². The van der Waals surface area contributed by atoms with E-state index in [1.54, 1.807) is 17.5 Å². The van der Waals surface area contributed by atoms with E-state index in [2.05, 4.69) is 20.3 Å². The van der Waals surface area contributed by atoms with Gasteiger partial charge in [0.1, 0.15) is 5.52 Å². The van der Waals surface area contributed by atoms with Crippen molar-refractivity contribution in [2.75, 3.05) is 6.61 Å². The van der Waals surface area contributed by atoms with Crippen LogP contribution in [0.15, 0.2) is 23.1 Å². The smallest absolute Gasteiger partial charge is 0.373 e. The summed E-state index contributed by atoms with van der Waals surface area (Å²) in [6, 6.07) is 3.52. The Morgan fingerprint density at radius 3 is 1.82 bits per heavy atom. The molecule has 0 aromatic carbocycles. The summed E-state index contributed by atoms with van der Waals surface area (Å²) in [5.74, 6) is -2.03. The highest BCUT2D eigenvalue weighted by Gasteiger charge is 2.09. The third kappa shape index (κ3) is 22.0. The fourth-order valence-corrected chi connectivity index (χ4v) is 2.20. The summed E-state index contributed by atoms with van der Waals surface area (Å²) in [5.41, 5.74) is 3.60. The van der Waals surface area contributed by atoms with Gasteiger partial charge < -0.3 is 26.1 Å². The summed E-state index contributed by atoms with van der Waals surface area (Å²) in [6.07, 6.45) is 4.00. The zero-order valence-electron chi connectivity index (χ0n) is 23.0. The lowest BCUT2D eigenvalue weighted by Gasteiger charge is -1.94. The molecule has 7 N–H and O–H groups in total. The molecule has 0 atom stereocenters. The van der Waals surface area contributed by atoms with E-state index in [1.165, 1.54) is 0 Å². The molecule has 222 valence electrons. The number of carboxylic acid groups (broad SMARTS) is 2. The zero-order chi connectivity index (χ0) is 31.0. The Hall–Kier alpha value is -5.24. The molecule has 0 unspecified atom stereocenters. The number of aromatic amines is 2. The third-order valence-electron chi connectivity index (χ3n) is 3.50. The summed E-state index contributed by atoms with van der Waals surface area (Å²) >= 11 is 0. The van der Waals surface area contributed by atoms with Gasteiger partial charge >= 0.3 is 18.3 Å². The normalized spacial score (nSPS) is 8.15. The molecule has 3 heterocycles. The molecule has 0 saturated heterocycles. The fourth-order valence-electron chi connectivity index (χ4n) is 2.20. The molecule has 0 aliphatic rings. The molecular formula is C23H34N6O11.